The Labute approximate surface area is 118 Å². The largest absolute Gasteiger partial charge is 0.271 e. The minimum Gasteiger partial charge on any atom is -0.271 e. The molecule has 0 saturated heterocycles. The molecule has 19 heavy (non-hydrogen) atoms. The van der Waals surface area contributed by atoms with Gasteiger partial charge in [0, 0.05) is 16.4 Å². The molecule has 0 saturated carbocycles. The Kier molecular flexibility index (Phi) is 4.20. The number of nitrogens with zero attached hydrogens (tertiary/aromatic N) is 1. The number of hydrogen-bond donors (Lipinski definition) is 2. The quantitative estimate of drug-likeness (QED) is 0.668. The first-order valence-electron chi connectivity index (χ1n) is 6.19. The van der Waals surface area contributed by atoms with Gasteiger partial charge in [-0.25, -0.2) is 5.43 Å². The summed E-state index contributed by atoms with van der Waals surface area (Å²) in [6.45, 7) is 5.95. The lowest BCUT2D eigenvalue weighted by Crippen LogP contribution is -2.29. The van der Waals surface area contributed by atoms with E-state index in [2.05, 4.69) is 16.5 Å². The van der Waals surface area contributed by atoms with Gasteiger partial charge in [0.15, 0.2) is 0 Å². The summed E-state index contributed by atoms with van der Waals surface area (Å²) in [7, 11) is 0. The van der Waals surface area contributed by atoms with Crippen molar-refractivity contribution in [3.63, 3.8) is 0 Å². The average molecular weight is 276 g/mol. The van der Waals surface area contributed by atoms with Crippen molar-refractivity contribution in [1.82, 2.24) is 10.4 Å². The molecule has 2 rings (SSSR count). The van der Waals surface area contributed by atoms with Crippen LogP contribution in [0, 0.1) is 20.8 Å². The van der Waals surface area contributed by atoms with Crippen molar-refractivity contribution in [2.24, 2.45) is 5.84 Å². The molecule has 1 aromatic carbocycles. The molecule has 0 bridgehead atoms. The van der Waals surface area contributed by atoms with Crippen LogP contribution in [0.4, 0.5) is 0 Å². The van der Waals surface area contributed by atoms with Crippen LogP contribution in [0.5, 0.6) is 0 Å². The van der Waals surface area contributed by atoms with E-state index >= 15 is 0 Å². The topological polar surface area (TPSA) is 50.9 Å². The average Bonchev–Trinajstić information content (AvgIpc) is 2.37. The van der Waals surface area contributed by atoms with E-state index in [0.29, 0.717) is 0 Å². The Hall–Kier alpha value is -1.42. The number of pyridine rings is 1. The van der Waals surface area contributed by atoms with Crippen molar-refractivity contribution in [3.05, 3.63) is 63.4 Å². The van der Waals surface area contributed by atoms with E-state index in [0.717, 1.165) is 33.1 Å². The van der Waals surface area contributed by atoms with Crippen LogP contribution in [0.1, 0.15) is 34.1 Å². The second-order valence-corrected chi connectivity index (χ2v) is 5.14. The molecular formula is C15H18ClN3. The number of nitrogens with two attached hydrogens (primary N) is 1. The first kappa shape index (κ1) is 14.0. The molecule has 1 atom stereocenters. The smallest absolute Gasteiger partial charge is 0.0728 e. The zero-order valence-corrected chi connectivity index (χ0v) is 12.1. The summed E-state index contributed by atoms with van der Waals surface area (Å²) in [5.74, 6) is 5.71. The fourth-order valence-electron chi connectivity index (χ4n) is 2.16. The van der Waals surface area contributed by atoms with Crippen molar-refractivity contribution in [2.75, 3.05) is 0 Å². The molecule has 3 nitrogen and oxygen atoms in total. The Bertz CT molecular complexity index is 596. The van der Waals surface area contributed by atoms with E-state index in [4.69, 9.17) is 17.4 Å². The van der Waals surface area contributed by atoms with Crippen LogP contribution in [0.15, 0.2) is 30.3 Å². The lowest BCUT2D eigenvalue weighted by Gasteiger charge is -2.19. The number of rotatable bonds is 3. The predicted molar refractivity (Wildman–Crippen MR) is 79.1 cm³/mol. The van der Waals surface area contributed by atoms with Gasteiger partial charge in [-0.05, 0) is 49.6 Å². The number of aromatic nitrogens is 1. The first-order valence-corrected chi connectivity index (χ1v) is 6.57. The Morgan fingerprint density at radius 3 is 2.47 bits per heavy atom. The van der Waals surface area contributed by atoms with E-state index in [9.17, 15) is 0 Å². The molecule has 0 radical (unpaired) electrons. The van der Waals surface area contributed by atoms with Gasteiger partial charge in [0.05, 0.1) is 6.04 Å². The minimum absolute atomic E-state index is 0.105. The molecule has 1 aromatic heterocycles. The summed E-state index contributed by atoms with van der Waals surface area (Å²) in [6, 6.07) is 9.91. The molecule has 1 heterocycles. The maximum Gasteiger partial charge on any atom is 0.0728 e. The highest BCUT2D eigenvalue weighted by Crippen LogP contribution is 2.27. The maximum atomic E-state index is 6.18. The second kappa shape index (κ2) is 5.70. The third-order valence-corrected chi connectivity index (χ3v) is 3.68. The van der Waals surface area contributed by atoms with Crippen LogP contribution in [0.3, 0.4) is 0 Å². The van der Waals surface area contributed by atoms with Crippen LogP contribution in [-0.2, 0) is 0 Å². The van der Waals surface area contributed by atoms with Gasteiger partial charge < -0.3 is 0 Å². The van der Waals surface area contributed by atoms with Gasteiger partial charge in [-0.2, -0.15) is 0 Å². The van der Waals surface area contributed by atoms with E-state index in [1.165, 1.54) is 0 Å². The Morgan fingerprint density at radius 1 is 1.16 bits per heavy atom. The van der Waals surface area contributed by atoms with Gasteiger partial charge in [-0.1, -0.05) is 29.8 Å². The molecule has 0 spiro atoms. The minimum atomic E-state index is -0.105. The van der Waals surface area contributed by atoms with Crippen molar-refractivity contribution < 1.29 is 0 Å². The fraction of sp³-hybridized carbons (Fsp3) is 0.267. The predicted octanol–water partition coefficient (Wildman–Crippen LogP) is 3.21. The van der Waals surface area contributed by atoms with Crippen LogP contribution in [0.25, 0.3) is 0 Å². The van der Waals surface area contributed by atoms with Crippen molar-refractivity contribution in [2.45, 2.75) is 26.8 Å². The molecule has 1 unspecified atom stereocenters. The molecule has 100 valence electrons. The highest BCUT2D eigenvalue weighted by atomic mass is 35.5. The summed E-state index contributed by atoms with van der Waals surface area (Å²) in [5, 5.41) is 0.746. The monoisotopic (exact) mass is 275 g/mol. The van der Waals surface area contributed by atoms with Crippen LogP contribution in [0.2, 0.25) is 5.02 Å². The van der Waals surface area contributed by atoms with Crippen molar-refractivity contribution >= 4 is 11.6 Å². The van der Waals surface area contributed by atoms with Gasteiger partial charge in [0.25, 0.3) is 0 Å². The van der Waals surface area contributed by atoms with E-state index in [1.54, 1.807) is 0 Å². The molecule has 0 aliphatic rings. The number of hydrogen-bond acceptors (Lipinski definition) is 3. The number of benzene rings is 1. The summed E-state index contributed by atoms with van der Waals surface area (Å²) < 4.78 is 0. The molecular weight excluding hydrogens is 258 g/mol. The highest BCUT2D eigenvalue weighted by molar-refractivity contribution is 6.31. The maximum absolute atomic E-state index is 6.18. The van der Waals surface area contributed by atoms with E-state index in [1.807, 2.05) is 45.0 Å². The van der Waals surface area contributed by atoms with Gasteiger partial charge >= 0.3 is 0 Å². The van der Waals surface area contributed by atoms with Gasteiger partial charge in [-0.3, -0.25) is 10.8 Å². The van der Waals surface area contributed by atoms with Gasteiger partial charge in [0.1, 0.15) is 0 Å². The number of aryl methyl sites for hydroxylation is 3. The van der Waals surface area contributed by atoms with E-state index in [-0.39, 0.29) is 6.04 Å². The second-order valence-electron chi connectivity index (χ2n) is 4.74. The third-order valence-electron chi connectivity index (χ3n) is 3.27. The fourth-order valence-corrected chi connectivity index (χ4v) is 2.35. The molecule has 4 heteroatoms. The summed E-state index contributed by atoms with van der Waals surface area (Å²) in [4.78, 5) is 4.48. The molecule has 2 aromatic rings. The molecule has 0 fully saturated rings. The van der Waals surface area contributed by atoms with Crippen LogP contribution >= 0.6 is 11.6 Å². The van der Waals surface area contributed by atoms with Gasteiger partial charge in [0.2, 0.25) is 0 Å². The lowest BCUT2D eigenvalue weighted by molar-refractivity contribution is 0.630. The number of halogens is 1. The molecule has 0 aliphatic heterocycles. The van der Waals surface area contributed by atoms with Crippen molar-refractivity contribution in [3.8, 4) is 0 Å². The summed E-state index contributed by atoms with van der Waals surface area (Å²) in [6.07, 6.45) is 0. The zero-order chi connectivity index (χ0) is 14.0. The highest BCUT2D eigenvalue weighted by Gasteiger charge is 2.16. The Balaban J connectivity index is 2.46. The summed E-state index contributed by atoms with van der Waals surface area (Å²) >= 11 is 6.18. The van der Waals surface area contributed by atoms with E-state index < -0.39 is 0 Å². The van der Waals surface area contributed by atoms with Crippen LogP contribution < -0.4 is 11.3 Å². The Morgan fingerprint density at radius 2 is 1.89 bits per heavy atom. The molecule has 3 N–H and O–H groups in total. The standard InChI is InChI=1S/C15H18ClN3/c1-9-4-6-12(8-14(9)16)15(19-17)13-7-5-10(2)18-11(13)3/h4-8,15,19H,17H2,1-3H3. The SMILES string of the molecule is Cc1ccc(C(NN)c2ccc(C)c(Cl)c2)c(C)n1. The normalized spacial score (nSPS) is 12.5. The van der Waals surface area contributed by atoms with Crippen molar-refractivity contribution in [1.29, 1.82) is 0 Å². The number of nitrogens with one attached hydrogen (secondary N) is 1. The molecule has 0 amide bonds. The molecule has 0 aliphatic carbocycles. The lowest BCUT2D eigenvalue weighted by atomic mass is 9.97. The van der Waals surface area contributed by atoms with Crippen LogP contribution in [-0.4, -0.2) is 4.98 Å². The van der Waals surface area contributed by atoms with Gasteiger partial charge in [-0.15, -0.1) is 0 Å². The first-order chi connectivity index (χ1) is 9.02. The third kappa shape index (κ3) is 2.95. The zero-order valence-electron chi connectivity index (χ0n) is 11.4. The number of hydrazine groups is 1. The summed E-state index contributed by atoms with van der Waals surface area (Å²) in [5.41, 5.74) is 7.97.